The number of carbonyl (C=O) groups excluding carboxylic acids is 2. The fourth-order valence-corrected chi connectivity index (χ4v) is 2.79. The third kappa shape index (κ3) is 9.29. The van der Waals surface area contributed by atoms with Gasteiger partial charge in [0.05, 0.1) is 12.1 Å². The van der Waals surface area contributed by atoms with Gasteiger partial charge >= 0.3 is 12.1 Å². The lowest BCUT2D eigenvalue weighted by atomic mass is 9.82. The van der Waals surface area contributed by atoms with Gasteiger partial charge in [-0.2, -0.15) is 0 Å². The molecule has 5 atom stereocenters. The molecule has 14 heteroatoms. The lowest BCUT2D eigenvalue weighted by Crippen LogP contribution is -2.59. The van der Waals surface area contributed by atoms with E-state index in [-0.39, 0.29) is 18.4 Å². The molecule has 0 saturated carbocycles. The van der Waals surface area contributed by atoms with Gasteiger partial charge in [0.25, 0.3) is 3.79 Å². The third-order valence-corrected chi connectivity index (χ3v) is 5.02. The molecule has 0 aliphatic carbocycles. The molecule has 1 saturated heterocycles. The van der Waals surface area contributed by atoms with Crippen LogP contribution in [0.4, 0.5) is 4.79 Å². The van der Waals surface area contributed by atoms with Crippen LogP contribution in [0.2, 0.25) is 0 Å². The summed E-state index contributed by atoms with van der Waals surface area (Å²) in [4.78, 5) is 23.2. The highest BCUT2D eigenvalue weighted by Crippen LogP contribution is 2.35. The number of rotatable bonds is 5. The number of halogens is 6. The molecule has 8 nitrogen and oxygen atoms in total. The number of esters is 1. The number of carbonyl (C=O) groups is 2. The molecular weight excluding hydrogens is 517 g/mol. The highest BCUT2D eigenvalue weighted by Gasteiger charge is 2.46. The number of ether oxygens (including phenoxy) is 4. The van der Waals surface area contributed by atoms with Crippen molar-refractivity contribution < 1.29 is 28.5 Å². The summed E-state index contributed by atoms with van der Waals surface area (Å²) in [7, 11) is 0. The number of hydrogen-bond donors (Lipinski definition) is 2. The summed E-state index contributed by atoms with van der Waals surface area (Å²) in [5, 5.41) is 10.3. The average Bonchev–Trinajstić information content (AvgIpc) is 2.56. The van der Waals surface area contributed by atoms with Gasteiger partial charge in [-0.15, -0.1) is 0 Å². The summed E-state index contributed by atoms with van der Waals surface area (Å²) in [5.41, 5.74) is 0. The largest absolute Gasteiger partial charge is 0.463 e. The van der Waals surface area contributed by atoms with Gasteiger partial charge in [0.15, 0.2) is 0 Å². The van der Waals surface area contributed by atoms with Crippen LogP contribution in [0.3, 0.4) is 0 Å². The molecule has 0 aromatic heterocycles. The van der Waals surface area contributed by atoms with Crippen molar-refractivity contribution in [3.05, 3.63) is 0 Å². The maximum absolute atomic E-state index is 12.1. The SMILES string of the molecule is CC(=O)OCC1OC(OC(=N)C(Cl)(Cl)Cl)[C@H](NC(=O)OCC(Cl)(Cl)Cl)[C@@H](C)[C@H]1C. The third-order valence-electron chi connectivity index (χ3n) is 4.18. The van der Waals surface area contributed by atoms with Crippen molar-refractivity contribution in [1.82, 2.24) is 5.32 Å². The predicted molar refractivity (Wildman–Crippen MR) is 111 cm³/mol. The number of hydrogen-bond acceptors (Lipinski definition) is 7. The van der Waals surface area contributed by atoms with Crippen molar-refractivity contribution in [3.63, 3.8) is 0 Å². The Morgan fingerprint density at radius 1 is 1.07 bits per heavy atom. The van der Waals surface area contributed by atoms with E-state index in [9.17, 15) is 9.59 Å². The van der Waals surface area contributed by atoms with Gasteiger partial charge in [-0.25, -0.2) is 4.79 Å². The highest BCUT2D eigenvalue weighted by molar-refractivity contribution is 6.76. The zero-order valence-corrected chi connectivity index (χ0v) is 20.1. The smallest absolute Gasteiger partial charge is 0.407 e. The summed E-state index contributed by atoms with van der Waals surface area (Å²) in [6.07, 6.45) is -2.75. The number of amides is 1. The minimum Gasteiger partial charge on any atom is -0.463 e. The van der Waals surface area contributed by atoms with Crippen molar-refractivity contribution in [2.24, 2.45) is 11.8 Å². The summed E-state index contributed by atoms with van der Waals surface area (Å²) < 4.78 is 17.1. The van der Waals surface area contributed by atoms with Crippen LogP contribution in [-0.4, -0.2) is 57.2 Å². The second-order valence-corrected chi connectivity index (χ2v) is 11.2. The van der Waals surface area contributed by atoms with E-state index in [2.05, 4.69) is 5.32 Å². The highest BCUT2D eigenvalue weighted by atomic mass is 35.6. The zero-order valence-electron chi connectivity index (χ0n) is 15.5. The summed E-state index contributed by atoms with van der Waals surface area (Å²) >= 11 is 33.7. The molecule has 0 spiro atoms. The Kier molecular flexibility index (Phi) is 10.2. The molecular formula is C15H20Cl6N2O6. The number of nitrogens with one attached hydrogen (secondary N) is 2. The summed E-state index contributed by atoms with van der Waals surface area (Å²) in [5.74, 6) is -1.70. The molecule has 2 unspecified atom stereocenters. The zero-order chi connectivity index (χ0) is 22.6. The first-order valence-electron chi connectivity index (χ1n) is 8.23. The van der Waals surface area contributed by atoms with E-state index >= 15 is 0 Å². The second-order valence-electron chi connectivity index (χ2n) is 6.37. The quantitative estimate of drug-likeness (QED) is 0.234. The topological polar surface area (TPSA) is 107 Å². The lowest BCUT2D eigenvalue weighted by Gasteiger charge is -2.44. The van der Waals surface area contributed by atoms with Crippen LogP contribution in [0.1, 0.15) is 20.8 Å². The first-order chi connectivity index (χ1) is 13.1. The van der Waals surface area contributed by atoms with Crippen LogP contribution in [0.5, 0.6) is 0 Å². The Morgan fingerprint density at radius 2 is 1.66 bits per heavy atom. The molecule has 1 aliphatic heterocycles. The van der Waals surface area contributed by atoms with Crippen LogP contribution in [-0.2, 0) is 23.7 Å². The maximum Gasteiger partial charge on any atom is 0.407 e. The van der Waals surface area contributed by atoms with Crippen molar-refractivity contribution in [1.29, 1.82) is 5.41 Å². The maximum atomic E-state index is 12.1. The molecule has 1 amide bonds. The molecule has 1 rings (SSSR count). The van der Waals surface area contributed by atoms with Crippen molar-refractivity contribution in [3.8, 4) is 0 Å². The Morgan fingerprint density at radius 3 is 2.14 bits per heavy atom. The molecule has 1 heterocycles. The Labute approximate surface area is 198 Å². The van der Waals surface area contributed by atoms with Crippen LogP contribution < -0.4 is 5.32 Å². The van der Waals surface area contributed by atoms with Gasteiger partial charge in [0, 0.05) is 6.92 Å². The van der Waals surface area contributed by atoms with Gasteiger partial charge in [0.1, 0.15) is 13.2 Å². The lowest BCUT2D eigenvalue weighted by molar-refractivity contribution is -0.216. The van der Waals surface area contributed by atoms with Crippen molar-refractivity contribution in [2.75, 3.05) is 13.2 Å². The van der Waals surface area contributed by atoms with E-state index in [1.165, 1.54) is 6.92 Å². The molecule has 0 radical (unpaired) electrons. The van der Waals surface area contributed by atoms with Crippen LogP contribution in [0.15, 0.2) is 0 Å². The molecule has 0 aromatic rings. The minimum atomic E-state index is -2.15. The molecule has 1 fully saturated rings. The Balaban J connectivity index is 2.96. The van der Waals surface area contributed by atoms with E-state index in [1.807, 2.05) is 6.92 Å². The van der Waals surface area contributed by atoms with E-state index in [4.69, 9.17) is 94.0 Å². The summed E-state index contributed by atoms with van der Waals surface area (Å²) in [6.45, 7) is 4.33. The molecule has 1 aliphatic rings. The fourth-order valence-electron chi connectivity index (χ4n) is 2.49. The van der Waals surface area contributed by atoms with Crippen molar-refractivity contribution in [2.45, 2.75) is 46.8 Å². The number of alkyl halides is 6. The Bertz CT molecular complexity index is 611. The van der Waals surface area contributed by atoms with Gasteiger partial charge in [0.2, 0.25) is 16.0 Å². The van der Waals surface area contributed by atoms with Gasteiger partial charge in [-0.05, 0) is 11.8 Å². The van der Waals surface area contributed by atoms with E-state index in [0.29, 0.717) is 0 Å². The van der Waals surface area contributed by atoms with Crippen molar-refractivity contribution >= 4 is 87.6 Å². The number of alkyl carbamates (subject to hydrolysis) is 1. The minimum absolute atomic E-state index is 0.0633. The van der Waals surface area contributed by atoms with E-state index in [0.717, 1.165) is 0 Å². The van der Waals surface area contributed by atoms with Gasteiger partial charge in [-0.3, -0.25) is 10.2 Å². The van der Waals surface area contributed by atoms with Crippen LogP contribution in [0.25, 0.3) is 0 Å². The molecule has 29 heavy (non-hydrogen) atoms. The van der Waals surface area contributed by atoms with Crippen LogP contribution in [0, 0.1) is 17.2 Å². The standard InChI is InChI=1S/C15H20Cl6N2O6/c1-6-7(2)10(23-13(25)27-5-14(16,17)18)11(29-12(22)15(19,20)21)28-9(6)4-26-8(3)24/h6-7,9-11,22H,4-5H2,1-3H3,(H,23,25)/t6-,7+,9?,10-,11?/m1/s1. The monoisotopic (exact) mass is 534 g/mol. The Hall–Kier alpha value is -0.0900. The first kappa shape index (κ1) is 26.9. The van der Waals surface area contributed by atoms with Gasteiger partial charge in [-0.1, -0.05) is 83.5 Å². The fraction of sp³-hybridized carbons (Fsp3) is 0.800. The normalized spacial score (nSPS) is 27.7. The predicted octanol–water partition coefficient (Wildman–Crippen LogP) is 4.38. The second kappa shape index (κ2) is 11.0. The average molecular weight is 537 g/mol. The molecule has 0 bridgehead atoms. The molecule has 2 N–H and O–H groups in total. The first-order valence-corrected chi connectivity index (χ1v) is 10.5. The van der Waals surface area contributed by atoms with E-state index in [1.54, 1.807) is 6.92 Å². The molecule has 168 valence electrons. The van der Waals surface area contributed by atoms with Gasteiger partial charge < -0.3 is 24.3 Å². The summed E-state index contributed by atoms with van der Waals surface area (Å²) in [6, 6.07) is -0.825. The van der Waals surface area contributed by atoms with Crippen LogP contribution >= 0.6 is 69.6 Å². The molecule has 0 aromatic carbocycles. The van der Waals surface area contributed by atoms with E-state index < -0.39 is 50.6 Å².